The van der Waals surface area contributed by atoms with Gasteiger partial charge in [-0.2, -0.15) is 0 Å². The average molecular weight is 285 g/mol. The van der Waals surface area contributed by atoms with Crippen LogP contribution < -0.4 is 0 Å². The van der Waals surface area contributed by atoms with E-state index in [1.54, 1.807) is 6.07 Å². The first-order valence-electron chi connectivity index (χ1n) is 7.08. The van der Waals surface area contributed by atoms with Crippen molar-refractivity contribution < 1.29 is 4.39 Å². The Morgan fingerprint density at radius 1 is 0.773 bits per heavy atom. The van der Waals surface area contributed by atoms with Gasteiger partial charge in [0, 0.05) is 16.5 Å². The summed E-state index contributed by atoms with van der Waals surface area (Å²) in [5, 5.41) is 2.88. The van der Waals surface area contributed by atoms with E-state index in [1.807, 2.05) is 54.6 Å². The minimum Gasteiger partial charge on any atom is -0.346 e. The van der Waals surface area contributed by atoms with E-state index in [4.69, 9.17) is 0 Å². The fourth-order valence-electron chi connectivity index (χ4n) is 2.60. The van der Waals surface area contributed by atoms with Gasteiger partial charge in [0.15, 0.2) is 5.82 Å². The van der Waals surface area contributed by atoms with Crippen molar-refractivity contribution >= 4 is 21.7 Å². The highest BCUT2D eigenvalue weighted by Gasteiger charge is 2.07. The predicted octanol–water partition coefficient (Wildman–Crippen LogP) is 4.86. The quantitative estimate of drug-likeness (QED) is 0.444. The third kappa shape index (κ3) is 2.13. The first kappa shape index (κ1) is 12.7. The maximum absolute atomic E-state index is 14.3. The van der Waals surface area contributed by atoms with Crippen LogP contribution in [-0.4, -0.2) is 4.98 Å². The van der Waals surface area contributed by atoms with E-state index in [-0.39, 0.29) is 5.82 Å². The standard InChI is InChI=1S/C20H12FN/c21-20-17-7-3-4-8-18(17)22-19(20)12-10-14-9-11-15-5-1-2-6-16(15)13-14/h1-9,11,13,22H. The van der Waals surface area contributed by atoms with Crippen LogP contribution in [0.15, 0.2) is 66.7 Å². The number of aromatic nitrogens is 1. The Hall–Kier alpha value is -3.05. The number of para-hydroxylation sites is 1. The van der Waals surface area contributed by atoms with Crippen molar-refractivity contribution in [1.29, 1.82) is 0 Å². The molecule has 0 aliphatic carbocycles. The number of H-pyrrole nitrogens is 1. The molecule has 0 fully saturated rings. The molecule has 1 N–H and O–H groups in total. The van der Waals surface area contributed by atoms with E-state index in [0.717, 1.165) is 16.5 Å². The molecule has 1 heterocycles. The molecule has 4 aromatic rings. The Kier molecular flexibility index (Phi) is 2.91. The summed E-state index contributed by atoms with van der Waals surface area (Å²) in [7, 11) is 0. The molecule has 22 heavy (non-hydrogen) atoms. The van der Waals surface area contributed by atoms with Crippen LogP contribution in [0.5, 0.6) is 0 Å². The van der Waals surface area contributed by atoms with E-state index < -0.39 is 0 Å². The number of hydrogen-bond acceptors (Lipinski definition) is 0. The Labute approximate surface area is 127 Å². The highest BCUT2D eigenvalue weighted by atomic mass is 19.1. The lowest BCUT2D eigenvalue weighted by atomic mass is 10.1. The van der Waals surface area contributed by atoms with Gasteiger partial charge in [-0.3, -0.25) is 0 Å². The largest absolute Gasteiger partial charge is 0.346 e. The van der Waals surface area contributed by atoms with Crippen LogP contribution in [0.4, 0.5) is 4.39 Å². The van der Waals surface area contributed by atoms with Crippen molar-refractivity contribution in [2.75, 3.05) is 0 Å². The highest BCUT2D eigenvalue weighted by molar-refractivity contribution is 5.84. The second kappa shape index (κ2) is 5.05. The number of rotatable bonds is 0. The van der Waals surface area contributed by atoms with Gasteiger partial charge in [0.25, 0.3) is 0 Å². The topological polar surface area (TPSA) is 15.8 Å². The van der Waals surface area contributed by atoms with Crippen molar-refractivity contribution in [2.45, 2.75) is 0 Å². The summed E-state index contributed by atoms with van der Waals surface area (Å²) in [6.45, 7) is 0. The third-order valence-electron chi connectivity index (χ3n) is 3.72. The summed E-state index contributed by atoms with van der Waals surface area (Å²) in [6, 6.07) is 21.4. The molecule has 0 radical (unpaired) electrons. The minimum atomic E-state index is -0.288. The summed E-state index contributed by atoms with van der Waals surface area (Å²) in [5.74, 6) is 5.65. The molecule has 0 aliphatic rings. The lowest BCUT2D eigenvalue weighted by Crippen LogP contribution is -1.80. The lowest BCUT2D eigenvalue weighted by Gasteiger charge is -1.97. The van der Waals surface area contributed by atoms with Gasteiger partial charge in [-0.15, -0.1) is 0 Å². The Bertz CT molecular complexity index is 1050. The highest BCUT2D eigenvalue weighted by Crippen LogP contribution is 2.20. The normalized spacial score (nSPS) is 10.6. The monoisotopic (exact) mass is 285 g/mol. The van der Waals surface area contributed by atoms with Gasteiger partial charge in [-0.1, -0.05) is 48.4 Å². The van der Waals surface area contributed by atoms with Crippen molar-refractivity contribution in [3.63, 3.8) is 0 Å². The second-order valence-electron chi connectivity index (χ2n) is 5.17. The molecule has 0 unspecified atom stereocenters. The van der Waals surface area contributed by atoms with Gasteiger partial charge in [0.2, 0.25) is 0 Å². The van der Waals surface area contributed by atoms with Crippen LogP contribution in [0.3, 0.4) is 0 Å². The molecule has 0 bridgehead atoms. The molecular formula is C20H12FN. The summed E-state index contributed by atoms with van der Waals surface area (Å²) in [6.07, 6.45) is 0. The Balaban J connectivity index is 1.78. The van der Waals surface area contributed by atoms with E-state index in [9.17, 15) is 4.39 Å². The van der Waals surface area contributed by atoms with Crippen molar-refractivity contribution in [1.82, 2.24) is 4.98 Å². The van der Waals surface area contributed by atoms with Gasteiger partial charge in [-0.05, 0) is 41.0 Å². The van der Waals surface area contributed by atoms with Crippen molar-refractivity contribution in [3.05, 3.63) is 83.8 Å². The number of benzene rings is 3. The molecular weight excluding hydrogens is 273 g/mol. The summed E-state index contributed by atoms with van der Waals surface area (Å²) >= 11 is 0. The van der Waals surface area contributed by atoms with Crippen molar-refractivity contribution in [2.24, 2.45) is 0 Å². The summed E-state index contributed by atoms with van der Waals surface area (Å²) < 4.78 is 14.3. The lowest BCUT2D eigenvalue weighted by molar-refractivity contribution is 0.635. The summed E-state index contributed by atoms with van der Waals surface area (Å²) in [5.41, 5.74) is 1.97. The molecule has 3 aromatic carbocycles. The molecule has 1 nitrogen and oxygen atoms in total. The van der Waals surface area contributed by atoms with E-state index >= 15 is 0 Å². The fraction of sp³-hybridized carbons (Fsp3) is 0. The number of fused-ring (bicyclic) bond motifs is 2. The number of nitrogens with one attached hydrogen (secondary N) is 1. The van der Waals surface area contributed by atoms with Gasteiger partial charge < -0.3 is 4.98 Å². The average Bonchev–Trinajstić information content (AvgIpc) is 2.89. The SMILES string of the molecule is Fc1c(C#Cc2ccc3ccccc3c2)[nH]c2ccccc12. The Morgan fingerprint density at radius 3 is 2.41 bits per heavy atom. The minimum absolute atomic E-state index is 0.288. The summed E-state index contributed by atoms with van der Waals surface area (Å²) in [4.78, 5) is 3.02. The van der Waals surface area contributed by atoms with Crippen molar-refractivity contribution in [3.8, 4) is 11.8 Å². The molecule has 0 spiro atoms. The first-order chi connectivity index (χ1) is 10.8. The molecule has 0 atom stereocenters. The molecule has 0 saturated carbocycles. The molecule has 104 valence electrons. The third-order valence-corrected chi connectivity index (χ3v) is 3.72. The molecule has 1 aromatic heterocycles. The molecule has 0 amide bonds. The predicted molar refractivity (Wildman–Crippen MR) is 88.2 cm³/mol. The van der Waals surface area contributed by atoms with E-state index in [2.05, 4.69) is 22.9 Å². The number of hydrogen-bond donors (Lipinski definition) is 1. The van der Waals surface area contributed by atoms with Crippen LogP contribution in [-0.2, 0) is 0 Å². The molecule has 0 saturated heterocycles. The number of aromatic amines is 1. The Morgan fingerprint density at radius 2 is 1.55 bits per heavy atom. The molecule has 2 heteroatoms. The zero-order valence-corrected chi connectivity index (χ0v) is 11.7. The maximum Gasteiger partial charge on any atom is 0.164 e. The van der Waals surface area contributed by atoms with Crippen LogP contribution in [0.2, 0.25) is 0 Å². The maximum atomic E-state index is 14.3. The van der Waals surface area contributed by atoms with Crippen LogP contribution in [0, 0.1) is 17.7 Å². The first-order valence-corrected chi connectivity index (χ1v) is 7.08. The number of halogens is 1. The van der Waals surface area contributed by atoms with Gasteiger partial charge in [0.1, 0.15) is 5.69 Å². The molecule has 0 aliphatic heterocycles. The smallest absolute Gasteiger partial charge is 0.164 e. The zero-order chi connectivity index (χ0) is 14.9. The van der Waals surface area contributed by atoms with Gasteiger partial charge in [-0.25, -0.2) is 4.39 Å². The van der Waals surface area contributed by atoms with Crippen LogP contribution in [0.25, 0.3) is 21.7 Å². The van der Waals surface area contributed by atoms with Crippen LogP contribution >= 0.6 is 0 Å². The van der Waals surface area contributed by atoms with E-state index in [0.29, 0.717) is 11.1 Å². The van der Waals surface area contributed by atoms with Gasteiger partial charge >= 0.3 is 0 Å². The second-order valence-corrected chi connectivity index (χ2v) is 5.17. The van der Waals surface area contributed by atoms with Crippen LogP contribution in [0.1, 0.15) is 11.3 Å². The van der Waals surface area contributed by atoms with Gasteiger partial charge in [0.05, 0.1) is 0 Å². The fourth-order valence-corrected chi connectivity index (χ4v) is 2.60. The van der Waals surface area contributed by atoms with E-state index in [1.165, 1.54) is 5.39 Å². The zero-order valence-electron chi connectivity index (χ0n) is 11.7. The molecule has 4 rings (SSSR count).